The Morgan fingerprint density at radius 1 is 1.21 bits per heavy atom. The zero-order valence-electron chi connectivity index (χ0n) is 9.94. The van der Waals surface area contributed by atoms with Gasteiger partial charge < -0.3 is 5.32 Å². The highest BCUT2D eigenvalue weighted by Gasteiger charge is 2.17. The van der Waals surface area contributed by atoms with Gasteiger partial charge in [-0.3, -0.25) is 0 Å². The van der Waals surface area contributed by atoms with Crippen molar-refractivity contribution in [2.24, 2.45) is 0 Å². The van der Waals surface area contributed by atoms with Crippen molar-refractivity contribution in [3.05, 3.63) is 29.3 Å². The zero-order valence-corrected chi connectivity index (χ0v) is 9.94. The maximum atomic E-state index is 3.19. The first-order valence-corrected chi connectivity index (χ1v) is 5.30. The first-order valence-electron chi connectivity index (χ1n) is 5.30. The molecule has 1 nitrogen and oxygen atoms in total. The van der Waals surface area contributed by atoms with Gasteiger partial charge in [-0.05, 0) is 35.1 Å². The normalized spacial score (nSPS) is 11.5. The molecule has 14 heavy (non-hydrogen) atoms. The van der Waals surface area contributed by atoms with Gasteiger partial charge >= 0.3 is 0 Å². The molecular weight excluding hydrogens is 170 g/mol. The minimum Gasteiger partial charge on any atom is -0.388 e. The lowest BCUT2D eigenvalue weighted by Crippen LogP contribution is -2.14. The molecule has 1 N–H and O–H groups in total. The third kappa shape index (κ3) is 2.28. The maximum absolute atomic E-state index is 3.19. The number of hydrogen-bond donors (Lipinski definition) is 1. The number of rotatable bonds is 2. The Kier molecular flexibility index (Phi) is 3.20. The van der Waals surface area contributed by atoms with Crippen LogP contribution in [0, 0.1) is 0 Å². The van der Waals surface area contributed by atoms with Crippen LogP contribution >= 0.6 is 0 Å². The summed E-state index contributed by atoms with van der Waals surface area (Å²) in [6.45, 7) is 9.01. The van der Waals surface area contributed by atoms with E-state index in [4.69, 9.17) is 0 Å². The van der Waals surface area contributed by atoms with Crippen molar-refractivity contribution in [3.63, 3.8) is 0 Å². The number of nitrogens with one attached hydrogen (secondary N) is 1. The Bertz CT molecular complexity index is 308. The summed E-state index contributed by atoms with van der Waals surface area (Å²) < 4.78 is 0. The van der Waals surface area contributed by atoms with Gasteiger partial charge in [-0.2, -0.15) is 0 Å². The van der Waals surface area contributed by atoms with Crippen molar-refractivity contribution in [1.82, 2.24) is 0 Å². The van der Waals surface area contributed by atoms with Crippen LogP contribution in [0.3, 0.4) is 0 Å². The van der Waals surface area contributed by atoms with E-state index in [1.807, 2.05) is 7.05 Å². The van der Waals surface area contributed by atoms with Gasteiger partial charge in [-0.15, -0.1) is 0 Å². The summed E-state index contributed by atoms with van der Waals surface area (Å²) in [5, 5.41) is 3.19. The van der Waals surface area contributed by atoms with E-state index in [-0.39, 0.29) is 5.41 Å². The molecule has 0 aliphatic carbocycles. The summed E-state index contributed by atoms with van der Waals surface area (Å²) in [6, 6.07) is 6.64. The monoisotopic (exact) mass is 191 g/mol. The van der Waals surface area contributed by atoms with Crippen molar-refractivity contribution in [2.75, 3.05) is 12.4 Å². The average molecular weight is 191 g/mol. The van der Waals surface area contributed by atoms with Gasteiger partial charge in [0.2, 0.25) is 0 Å². The molecule has 0 spiro atoms. The molecule has 0 bridgehead atoms. The zero-order chi connectivity index (χ0) is 10.8. The molecule has 0 aromatic heterocycles. The second-order valence-corrected chi connectivity index (χ2v) is 4.73. The fourth-order valence-corrected chi connectivity index (χ4v) is 1.74. The van der Waals surface area contributed by atoms with E-state index in [1.165, 1.54) is 16.8 Å². The van der Waals surface area contributed by atoms with Crippen LogP contribution in [0.15, 0.2) is 18.2 Å². The first-order chi connectivity index (χ1) is 6.49. The molecule has 0 saturated carbocycles. The van der Waals surface area contributed by atoms with E-state index in [1.54, 1.807) is 0 Å². The number of anilines is 1. The molecule has 0 amide bonds. The van der Waals surface area contributed by atoms with E-state index in [0.29, 0.717) is 0 Å². The van der Waals surface area contributed by atoms with Crippen molar-refractivity contribution >= 4 is 5.69 Å². The van der Waals surface area contributed by atoms with Crippen LogP contribution in [0.5, 0.6) is 0 Å². The van der Waals surface area contributed by atoms with Gasteiger partial charge in [-0.1, -0.05) is 33.8 Å². The highest BCUT2D eigenvalue weighted by Crippen LogP contribution is 2.28. The summed E-state index contributed by atoms with van der Waals surface area (Å²) in [5.41, 5.74) is 4.34. The highest BCUT2D eigenvalue weighted by molar-refractivity contribution is 5.50. The summed E-state index contributed by atoms with van der Waals surface area (Å²) >= 11 is 0. The van der Waals surface area contributed by atoms with Crippen molar-refractivity contribution in [1.29, 1.82) is 0 Å². The molecule has 0 fully saturated rings. The lowest BCUT2D eigenvalue weighted by atomic mass is 9.83. The lowest BCUT2D eigenvalue weighted by molar-refractivity contribution is 0.583. The van der Waals surface area contributed by atoms with Crippen LogP contribution in [0.2, 0.25) is 0 Å². The summed E-state index contributed by atoms with van der Waals surface area (Å²) in [6.07, 6.45) is 1.11. The smallest absolute Gasteiger partial charge is 0.0340 e. The lowest BCUT2D eigenvalue weighted by Gasteiger charge is -2.23. The molecule has 0 heterocycles. The number of hydrogen-bond acceptors (Lipinski definition) is 1. The summed E-state index contributed by atoms with van der Waals surface area (Å²) in [7, 11) is 1.97. The third-order valence-corrected chi connectivity index (χ3v) is 2.59. The second-order valence-electron chi connectivity index (χ2n) is 4.73. The average Bonchev–Trinajstić information content (AvgIpc) is 2.15. The fourth-order valence-electron chi connectivity index (χ4n) is 1.74. The molecule has 1 rings (SSSR count). The van der Waals surface area contributed by atoms with E-state index in [2.05, 4.69) is 51.2 Å². The SMILES string of the molecule is CCc1ccc(NC)cc1C(C)(C)C. The topological polar surface area (TPSA) is 12.0 Å². The molecule has 1 heteroatoms. The Hall–Kier alpha value is -0.980. The number of benzene rings is 1. The van der Waals surface area contributed by atoms with E-state index in [0.717, 1.165) is 6.42 Å². The predicted molar refractivity (Wildman–Crippen MR) is 64.1 cm³/mol. The Balaban J connectivity index is 3.22. The number of aryl methyl sites for hydroxylation is 1. The molecule has 1 aromatic carbocycles. The minimum absolute atomic E-state index is 0.234. The van der Waals surface area contributed by atoms with Gasteiger partial charge in [0.05, 0.1) is 0 Å². The highest BCUT2D eigenvalue weighted by atomic mass is 14.8. The van der Waals surface area contributed by atoms with Gasteiger partial charge in [0.15, 0.2) is 0 Å². The van der Waals surface area contributed by atoms with E-state index >= 15 is 0 Å². The first kappa shape index (κ1) is 11.1. The van der Waals surface area contributed by atoms with Crippen LogP contribution in [0.25, 0.3) is 0 Å². The fraction of sp³-hybridized carbons (Fsp3) is 0.538. The molecule has 0 atom stereocenters. The third-order valence-electron chi connectivity index (χ3n) is 2.59. The van der Waals surface area contributed by atoms with Crippen molar-refractivity contribution in [3.8, 4) is 0 Å². The van der Waals surface area contributed by atoms with Crippen LogP contribution in [-0.4, -0.2) is 7.05 Å². The molecule has 0 unspecified atom stereocenters. The Morgan fingerprint density at radius 3 is 2.29 bits per heavy atom. The molecule has 1 aromatic rings. The van der Waals surface area contributed by atoms with Crippen molar-refractivity contribution in [2.45, 2.75) is 39.5 Å². The van der Waals surface area contributed by atoms with Crippen LogP contribution in [0.4, 0.5) is 5.69 Å². The Labute approximate surface area is 87.5 Å². The maximum Gasteiger partial charge on any atom is 0.0340 e. The summed E-state index contributed by atoms with van der Waals surface area (Å²) in [5.74, 6) is 0. The van der Waals surface area contributed by atoms with E-state index in [9.17, 15) is 0 Å². The van der Waals surface area contributed by atoms with Crippen LogP contribution in [0.1, 0.15) is 38.8 Å². The van der Waals surface area contributed by atoms with Gasteiger partial charge in [0.1, 0.15) is 0 Å². The molecule has 0 saturated heterocycles. The molecule has 0 radical (unpaired) electrons. The Morgan fingerprint density at radius 2 is 1.86 bits per heavy atom. The molecule has 78 valence electrons. The minimum atomic E-state index is 0.234. The largest absolute Gasteiger partial charge is 0.388 e. The molecule has 0 aliphatic heterocycles. The standard InChI is InChI=1S/C13H21N/c1-6-10-7-8-11(14-5)9-12(10)13(2,3)4/h7-9,14H,6H2,1-5H3. The quantitative estimate of drug-likeness (QED) is 0.753. The molecule has 0 aliphatic rings. The van der Waals surface area contributed by atoms with E-state index < -0.39 is 0 Å². The van der Waals surface area contributed by atoms with Crippen LogP contribution in [-0.2, 0) is 11.8 Å². The van der Waals surface area contributed by atoms with Gasteiger partial charge in [0, 0.05) is 12.7 Å². The van der Waals surface area contributed by atoms with Gasteiger partial charge in [0.25, 0.3) is 0 Å². The van der Waals surface area contributed by atoms with Gasteiger partial charge in [-0.25, -0.2) is 0 Å². The second kappa shape index (κ2) is 4.04. The summed E-state index contributed by atoms with van der Waals surface area (Å²) in [4.78, 5) is 0. The van der Waals surface area contributed by atoms with Crippen molar-refractivity contribution < 1.29 is 0 Å². The van der Waals surface area contributed by atoms with Crippen LogP contribution < -0.4 is 5.32 Å². The predicted octanol–water partition coefficient (Wildman–Crippen LogP) is 3.59. The molecular formula is C13H21N.